The lowest BCUT2D eigenvalue weighted by Gasteiger charge is -2.31. The number of hydrogen-bond donors (Lipinski definition) is 1. The van der Waals surface area contributed by atoms with Crippen LogP contribution >= 0.6 is 23.4 Å². The van der Waals surface area contributed by atoms with Crippen molar-refractivity contribution in [3.05, 3.63) is 64.7 Å². The maximum absolute atomic E-state index is 13.6. The lowest BCUT2D eigenvalue weighted by molar-refractivity contribution is -0.113. The summed E-state index contributed by atoms with van der Waals surface area (Å²) in [5.74, 6) is 0.474. The highest BCUT2D eigenvalue weighted by Crippen LogP contribution is 2.29. The van der Waals surface area contributed by atoms with Crippen molar-refractivity contribution >= 4 is 35.0 Å². The van der Waals surface area contributed by atoms with Gasteiger partial charge in [-0.2, -0.15) is 0 Å². The first-order valence-corrected chi connectivity index (χ1v) is 12.4. The molecular formula is C24H27ClFN5OS. The van der Waals surface area contributed by atoms with Crippen LogP contribution in [0, 0.1) is 12.7 Å². The maximum Gasteiger partial charge on any atom is 0.234 e. The highest BCUT2D eigenvalue weighted by molar-refractivity contribution is 7.99. The van der Waals surface area contributed by atoms with Crippen LogP contribution in [0.5, 0.6) is 0 Å². The fourth-order valence-electron chi connectivity index (χ4n) is 3.94. The van der Waals surface area contributed by atoms with Gasteiger partial charge in [-0.3, -0.25) is 14.3 Å². The van der Waals surface area contributed by atoms with E-state index < -0.39 is 0 Å². The fourth-order valence-corrected chi connectivity index (χ4v) is 4.88. The van der Waals surface area contributed by atoms with Crippen LogP contribution in [-0.4, -0.2) is 44.4 Å². The number of piperidine rings is 1. The molecule has 3 aromatic rings. The van der Waals surface area contributed by atoms with Crippen molar-refractivity contribution in [1.29, 1.82) is 0 Å². The molecule has 0 saturated carbocycles. The van der Waals surface area contributed by atoms with E-state index in [0.717, 1.165) is 30.2 Å². The number of halogens is 2. The highest BCUT2D eigenvalue weighted by Gasteiger charge is 2.26. The van der Waals surface area contributed by atoms with Crippen LogP contribution < -0.4 is 5.32 Å². The van der Waals surface area contributed by atoms with Gasteiger partial charge in [0.05, 0.1) is 11.8 Å². The molecule has 1 amide bonds. The summed E-state index contributed by atoms with van der Waals surface area (Å²) in [5.41, 5.74) is 2.37. The Morgan fingerprint density at radius 3 is 2.58 bits per heavy atom. The van der Waals surface area contributed by atoms with Crippen molar-refractivity contribution in [3.8, 4) is 5.69 Å². The number of carbonyl (C=O) groups excluding carboxylic acids is 1. The van der Waals surface area contributed by atoms with Crippen molar-refractivity contribution in [2.75, 3.05) is 24.2 Å². The number of likely N-dealkylation sites (tertiary alicyclic amines) is 1. The number of thioether (sulfide) groups is 1. The molecule has 1 aliphatic heterocycles. The Bertz CT molecular complexity index is 1110. The summed E-state index contributed by atoms with van der Waals surface area (Å²) < 4.78 is 15.5. The zero-order valence-electron chi connectivity index (χ0n) is 18.7. The van der Waals surface area contributed by atoms with Gasteiger partial charge in [-0.15, -0.1) is 10.2 Å². The summed E-state index contributed by atoms with van der Waals surface area (Å²) in [5, 5.41) is 12.9. The number of benzene rings is 2. The molecule has 4 rings (SSSR count). The second-order valence-electron chi connectivity index (χ2n) is 8.23. The topological polar surface area (TPSA) is 63.1 Å². The molecule has 1 saturated heterocycles. The van der Waals surface area contributed by atoms with Crippen LogP contribution in [0.1, 0.15) is 43.6 Å². The summed E-state index contributed by atoms with van der Waals surface area (Å²) in [6.07, 6.45) is 3.58. The summed E-state index contributed by atoms with van der Waals surface area (Å²) in [7, 11) is 0. The Hall–Kier alpha value is -2.42. The van der Waals surface area contributed by atoms with Gasteiger partial charge in [0.15, 0.2) is 11.0 Å². The summed E-state index contributed by atoms with van der Waals surface area (Å²) in [4.78, 5) is 15.0. The number of nitrogens with one attached hydrogen (secondary N) is 1. The molecule has 1 unspecified atom stereocenters. The molecule has 1 N–H and O–H groups in total. The minimum Gasteiger partial charge on any atom is -0.325 e. The van der Waals surface area contributed by atoms with Gasteiger partial charge in [0.2, 0.25) is 5.91 Å². The molecule has 1 fully saturated rings. The second kappa shape index (κ2) is 10.7. The quantitative estimate of drug-likeness (QED) is 0.436. The molecule has 0 bridgehead atoms. The van der Waals surface area contributed by atoms with Crippen LogP contribution in [0.2, 0.25) is 5.02 Å². The fraction of sp³-hybridized carbons (Fsp3) is 0.375. The van der Waals surface area contributed by atoms with E-state index in [1.54, 1.807) is 18.2 Å². The van der Waals surface area contributed by atoms with Crippen molar-refractivity contribution in [3.63, 3.8) is 0 Å². The number of aryl methyl sites for hydroxylation is 1. The third-order valence-corrected chi connectivity index (χ3v) is 7.18. The Morgan fingerprint density at radius 1 is 1.15 bits per heavy atom. The SMILES string of the molecule is Cc1ccc(NC(=O)CSc2nnc(C(C)N3CCCCC3)n2-c2ccc(F)cc2)cc1Cl. The molecule has 2 heterocycles. The van der Waals surface area contributed by atoms with E-state index in [1.807, 2.05) is 23.6 Å². The number of rotatable bonds is 7. The molecule has 0 aliphatic carbocycles. The minimum absolute atomic E-state index is 0.0562. The van der Waals surface area contributed by atoms with Crippen molar-refractivity contribution in [1.82, 2.24) is 19.7 Å². The smallest absolute Gasteiger partial charge is 0.234 e. The molecule has 9 heteroatoms. The Kier molecular flexibility index (Phi) is 7.67. The number of anilines is 1. The first kappa shape index (κ1) is 23.7. The van der Waals surface area contributed by atoms with E-state index >= 15 is 0 Å². The number of nitrogens with zero attached hydrogens (tertiary/aromatic N) is 4. The zero-order chi connectivity index (χ0) is 23.4. The standard InChI is InChI=1S/C24H27ClFN5OS/c1-16-6-9-19(14-21(16)25)27-22(32)15-33-24-29-28-23(17(2)30-12-4-3-5-13-30)31(24)20-10-7-18(26)8-11-20/h6-11,14,17H,3-5,12-13,15H2,1-2H3,(H,27,32). The predicted octanol–water partition coefficient (Wildman–Crippen LogP) is 5.65. The minimum atomic E-state index is -0.303. The Labute approximate surface area is 202 Å². The van der Waals surface area contributed by atoms with E-state index in [4.69, 9.17) is 11.6 Å². The molecule has 33 heavy (non-hydrogen) atoms. The van der Waals surface area contributed by atoms with Crippen LogP contribution in [0.25, 0.3) is 5.69 Å². The molecule has 2 aromatic carbocycles. The zero-order valence-corrected chi connectivity index (χ0v) is 20.3. The monoisotopic (exact) mass is 487 g/mol. The van der Waals surface area contributed by atoms with E-state index in [9.17, 15) is 9.18 Å². The third kappa shape index (κ3) is 5.75. The van der Waals surface area contributed by atoms with E-state index in [1.165, 1.54) is 43.2 Å². The lowest BCUT2D eigenvalue weighted by atomic mass is 10.1. The molecule has 174 valence electrons. The van der Waals surface area contributed by atoms with Gasteiger partial charge in [0, 0.05) is 16.4 Å². The van der Waals surface area contributed by atoms with Gasteiger partial charge in [0.25, 0.3) is 0 Å². The summed E-state index contributed by atoms with van der Waals surface area (Å²) in [6.45, 7) is 6.06. The molecule has 6 nitrogen and oxygen atoms in total. The molecule has 1 atom stereocenters. The number of aromatic nitrogens is 3. The molecule has 1 aromatic heterocycles. The van der Waals surface area contributed by atoms with Gasteiger partial charge >= 0.3 is 0 Å². The van der Waals surface area contributed by atoms with Gasteiger partial charge in [-0.25, -0.2) is 4.39 Å². The van der Waals surface area contributed by atoms with E-state index in [-0.39, 0.29) is 23.5 Å². The van der Waals surface area contributed by atoms with Crippen LogP contribution in [-0.2, 0) is 4.79 Å². The number of carbonyl (C=O) groups is 1. The maximum atomic E-state index is 13.6. The van der Waals surface area contributed by atoms with Crippen molar-refractivity contribution in [2.45, 2.75) is 44.3 Å². The third-order valence-electron chi connectivity index (χ3n) is 5.84. The lowest BCUT2D eigenvalue weighted by Crippen LogP contribution is -2.33. The van der Waals surface area contributed by atoms with Gasteiger partial charge in [-0.05, 0) is 81.7 Å². The first-order valence-electron chi connectivity index (χ1n) is 11.1. The normalized spacial score (nSPS) is 15.4. The summed E-state index contributed by atoms with van der Waals surface area (Å²) >= 11 is 7.46. The molecular weight excluding hydrogens is 461 g/mol. The Balaban J connectivity index is 1.54. The average Bonchev–Trinajstić information content (AvgIpc) is 3.24. The second-order valence-corrected chi connectivity index (χ2v) is 9.58. The molecule has 0 spiro atoms. The van der Waals surface area contributed by atoms with E-state index in [0.29, 0.717) is 15.9 Å². The molecule has 1 aliphatic rings. The Morgan fingerprint density at radius 2 is 1.88 bits per heavy atom. The van der Waals surface area contributed by atoms with Crippen LogP contribution in [0.4, 0.5) is 10.1 Å². The van der Waals surface area contributed by atoms with Gasteiger partial charge < -0.3 is 5.32 Å². The van der Waals surface area contributed by atoms with Crippen LogP contribution in [0.3, 0.4) is 0 Å². The average molecular weight is 488 g/mol. The highest BCUT2D eigenvalue weighted by atomic mass is 35.5. The number of amides is 1. The predicted molar refractivity (Wildman–Crippen MR) is 131 cm³/mol. The van der Waals surface area contributed by atoms with Gasteiger partial charge in [0.1, 0.15) is 5.82 Å². The van der Waals surface area contributed by atoms with Crippen LogP contribution in [0.15, 0.2) is 47.6 Å². The van der Waals surface area contributed by atoms with Crippen molar-refractivity contribution < 1.29 is 9.18 Å². The first-order chi connectivity index (χ1) is 15.9. The van der Waals surface area contributed by atoms with Crippen molar-refractivity contribution in [2.24, 2.45) is 0 Å². The largest absolute Gasteiger partial charge is 0.325 e. The summed E-state index contributed by atoms with van der Waals surface area (Å²) in [6, 6.07) is 11.8. The number of hydrogen-bond acceptors (Lipinski definition) is 5. The van der Waals surface area contributed by atoms with Gasteiger partial charge in [-0.1, -0.05) is 35.9 Å². The van der Waals surface area contributed by atoms with E-state index in [2.05, 4.69) is 27.3 Å². The molecule has 0 radical (unpaired) electrons.